The highest BCUT2D eigenvalue weighted by molar-refractivity contribution is 6.07. The van der Waals surface area contributed by atoms with Crippen molar-refractivity contribution in [3.05, 3.63) is 120 Å². The van der Waals surface area contributed by atoms with Crippen LogP contribution in [0.2, 0.25) is 0 Å². The Bertz CT molecular complexity index is 1590. The molecule has 0 aliphatic heterocycles. The Morgan fingerprint density at radius 3 is 1.17 bits per heavy atom. The van der Waals surface area contributed by atoms with Crippen LogP contribution < -0.4 is 9.47 Å². The quantitative estimate of drug-likeness (QED) is 0.200. The van der Waals surface area contributed by atoms with E-state index in [0.29, 0.717) is 22.6 Å². The van der Waals surface area contributed by atoms with E-state index >= 15 is 0 Å². The van der Waals surface area contributed by atoms with Crippen molar-refractivity contribution in [1.82, 2.24) is 0 Å². The smallest absolute Gasteiger partial charge is 0.343 e. The van der Waals surface area contributed by atoms with Gasteiger partial charge in [0.25, 0.3) is 0 Å². The zero-order valence-corrected chi connectivity index (χ0v) is 19.0. The van der Waals surface area contributed by atoms with E-state index in [1.165, 1.54) is 0 Å². The molecule has 7 rings (SSSR count). The number of rotatable bonds is 4. The minimum absolute atomic E-state index is 0.356. The number of ether oxygens (including phenoxy) is 2. The van der Waals surface area contributed by atoms with E-state index in [-0.39, 0.29) is 0 Å². The molecule has 0 saturated heterocycles. The molecule has 0 bridgehead atoms. The Morgan fingerprint density at radius 2 is 0.750 bits per heavy atom. The summed E-state index contributed by atoms with van der Waals surface area (Å²) in [6, 6.07) is 33.8. The SMILES string of the molecule is O=C(Oc1cccc2c1-c1ccccc1-2)c1ccc(C(=O)Oc2cccc3c2-c2ccccc2-3)cc1. The van der Waals surface area contributed by atoms with Gasteiger partial charge in [0, 0.05) is 11.1 Å². The molecule has 0 spiro atoms. The minimum Gasteiger partial charge on any atom is -0.422 e. The second kappa shape index (κ2) is 7.79. The van der Waals surface area contributed by atoms with Gasteiger partial charge in [-0.2, -0.15) is 0 Å². The molecule has 36 heavy (non-hydrogen) atoms. The number of carbonyl (C=O) groups is 2. The van der Waals surface area contributed by atoms with Crippen LogP contribution in [0.1, 0.15) is 20.7 Å². The van der Waals surface area contributed by atoms with Gasteiger partial charge in [0.05, 0.1) is 11.1 Å². The van der Waals surface area contributed by atoms with Gasteiger partial charge in [-0.15, -0.1) is 0 Å². The lowest BCUT2D eigenvalue weighted by Crippen LogP contribution is -2.13. The monoisotopic (exact) mass is 466 g/mol. The molecule has 0 N–H and O–H groups in total. The first kappa shape index (κ1) is 20.4. The molecule has 5 aromatic rings. The van der Waals surface area contributed by atoms with E-state index in [4.69, 9.17) is 9.47 Å². The standard InChI is InChI=1S/C32H18O4/c33-31(35-27-13-5-11-25-21-7-1-3-9-23(21)29(25)27)19-15-17-20(18-16-19)32(34)36-28-14-6-12-26-22-8-2-4-10-24(22)30(26)28/h1-18H. The summed E-state index contributed by atoms with van der Waals surface area (Å²) in [6.45, 7) is 0. The first-order valence-corrected chi connectivity index (χ1v) is 11.7. The van der Waals surface area contributed by atoms with Crippen LogP contribution in [-0.4, -0.2) is 11.9 Å². The third kappa shape index (κ3) is 3.01. The lowest BCUT2D eigenvalue weighted by atomic mass is 9.80. The van der Waals surface area contributed by atoms with Crippen LogP contribution >= 0.6 is 0 Å². The summed E-state index contributed by atoms with van der Waals surface area (Å²) in [5.41, 5.74) is 9.23. The third-order valence-corrected chi connectivity index (χ3v) is 6.79. The van der Waals surface area contributed by atoms with Crippen molar-refractivity contribution in [3.63, 3.8) is 0 Å². The molecule has 0 fully saturated rings. The van der Waals surface area contributed by atoms with Gasteiger partial charge in [0.1, 0.15) is 11.5 Å². The summed E-state index contributed by atoms with van der Waals surface area (Å²) in [5.74, 6) is 0.103. The molecular weight excluding hydrogens is 448 g/mol. The minimum atomic E-state index is -0.478. The molecule has 170 valence electrons. The Labute approximate surface area is 207 Å². The largest absolute Gasteiger partial charge is 0.422 e. The predicted octanol–water partition coefficient (Wildman–Crippen LogP) is 7.42. The Hall–Kier alpha value is -4.96. The van der Waals surface area contributed by atoms with Crippen LogP contribution in [0.5, 0.6) is 11.5 Å². The van der Waals surface area contributed by atoms with E-state index in [1.54, 1.807) is 36.4 Å². The highest BCUT2D eigenvalue weighted by Crippen LogP contribution is 2.52. The zero-order chi connectivity index (χ0) is 24.2. The molecule has 0 amide bonds. The summed E-state index contributed by atoms with van der Waals surface area (Å²) >= 11 is 0. The van der Waals surface area contributed by atoms with Crippen LogP contribution in [0.3, 0.4) is 0 Å². The van der Waals surface area contributed by atoms with Crippen molar-refractivity contribution in [3.8, 4) is 56.0 Å². The fourth-order valence-corrected chi connectivity index (χ4v) is 5.04. The molecule has 0 heterocycles. The molecule has 4 heteroatoms. The van der Waals surface area contributed by atoms with Crippen LogP contribution in [-0.2, 0) is 0 Å². The molecule has 0 atom stereocenters. The van der Waals surface area contributed by atoms with Crippen molar-refractivity contribution in [1.29, 1.82) is 0 Å². The van der Waals surface area contributed by atoms with Crippen LogP contribution in [0, 0.1) is 0 Å². The second-order valence-corrected chi connectivity index (χ2v) is 8.80. The van der Waals surface area contributed by atoms with Gasteiger partial charge in [-0.1, -0.05) is 72.8 Å². The normalized spacial score (nSPS) is 11.6. The molecule has 0 saturated carbocycles. The van der Waals surface area contributed by atoms with E-state index in [0.717, 1.165) is 44.5 Å². The average Bonchev–Trinajstić information content (AvgIpc) is 2.90. The van der Waals surface area contributed by atoms with Crippen molar-refractivity contribution in [2.24, 2.45) is 0 Å². The Balaban J connectivity index is 1.08. The Morgan fingerprint density at radius 1 is 0.389 bits per heavy atom. The van der Waals surface area contributed by atoms with Gasteiger partial charge in [-0.3, -0.25) is 0 Å². The molecule has 5 aromatic carbocycles. The fraction of sp³-hybridized carbons (Fsp3) is 0. The molecule has 0 aromatic heterocycles. The lowest BCUT2D eigenvalue weighted by molar-refractivity contribution is 0.0721. The van der Waals surface area contributed by atoms with Gasteiger partial charge in [0.15, 0.2) is 0 Å². The lowest BCUT2D eigenvalue weighted by Gasteiger charge is -2.25. The maximum atomic E-state index is 12.9. The molecule has 0 unspecified atom stereocenters. The van der Waals surface area contributed by atoms with E-state index in [2.05, 4.69) is 12.1 Å². The van der Waals surface area contributed by atoms with E-state index in [1.807, 2.05) is 60.7 Å². The summed E-state index contributed by atoms with van der Waals surface area (Å²) < 4.78 is 11.5. The van der Waals surface area contributed by atoms with Gasteiger partial charge < -0.3 is 9.47 Å². The number of hydrogen-bond acceptors (Lipinski definition) is 4. The number of fused-ring (bicyclic) bond motifs is 8. The summed E-state index contributed by atoms with van der Waals surface area (Å²) in [4.78, 5) is 25.7. The first-order valence-electron chi connectivity index (χ1n) is 11.7. The highest BCUT2D eigenvalue weighted by Gasteiger charge is 2.28. The van der Waals surface area contributed by atoms with Crippen LogP contribution in [0.15, 0.2) is 109 Å². The molecule has 2 aliphatic rings. The predicted molar refractivity (Wildman–Crippen MR) is 138 cm³/mol. The van der Waals surface area contributed by atoms with Crippen molar-refractivity contribution in [2.45, 2.75) is 0 Å². The fourth-order valence-electron chi connectivity index (χ4n) is 5.04. The van der Waals surface area contributed by atoms with Gasteiger partial charge in [0.2, 0.25) is 0 Å². The number of benzene rings is 5. The van der Waals surface area contributed by atoms with E-state index in [9.17, 15) is 9.59 Å². The maximum absolute atomic E-state index is 12.9. The average molecular weight is 466 g/mol. The van der Waals surface area contributed by atoms with Gasteiger partial charge in [-0.25, -0.2) is 9.59 Å². The number of carbonyl (C=O) groups excluding carboxylic acids is 2. The van der Waals surface area contributed by atoms with Crippen LogP contribution in [0.4, 0.5) is 0 Å². The van der Waals surface area contributed by atoms with Crippen molar-refractivity contribution >= 4 is 11.9 Å². The first-order chi connectivity index (χ1) is 17.7. The topological polar surface area (TPSA) is 52.6 Å². The zero-order valence-electron chi connectivity index (χ0n) is 19.0. The van der Waals surface area contributed by atoms with Gasteiger partial charge in [-0.05, 0) is 69.8 Å². The molecule has 4 nitrogen and oxygen atoms in total. The van der Waals surface area contributed by atoms with E-state index < -0.39 is 11.9 Å². The molecular formula is C32H18O4. The molecule has 0 radical (unpaired) electrons. The van der Waals surface area contributed by atoms with Crippen molar-refractivity contribution in [2.75, 3.05) is 0 Å². The maximum Gasteiger partial charge on any atom is 0.343 e. The number of hydrogen-bond donors (Lipinski definition) is 0. The summed E-state index contributed by atoms with van der Waals surface area (Å²) in [6.07, 6.45) is 0. The summed E-state index contributed by atoms with van der Waals surface area (Å²) in [5, 5.41) is 0. The Kier molecular flexibility index (Phi) is 4.42. The number of esters is 2. The summed E-state index contributed by atoms with van der Waals surface area (Å²) in [7, 11) is 0. The van der Waals surface area contributed by atoms with Crippen LogP contribution in [0.25, 0.3) is 44.5 Å². The highest BCUT2D eigenvalue weighted by atomic mass is 16.5. The van der Waals surface area contributed by atoms with Gasteiger partial charge >= 0.3 is 11.9 Å². The molecule has 2 aliphatic carbocycles. The second-order valence-electron chi connectivity index (χ2n) is 8.80. The van der Waals surface area contributed by atoms with Crippen molar-refractivity contribution < 1.29 is 19.1 Å². The third-order valence-electron chi connectivity index (χ3n) is 6.79.